The Morgan fingerprint density at radius 3 is 2.34 bits per heavy atom. The number of allylic oxidation sites excluding steroid dienone is 2. The van der Waals surface area contributed by atoms with Crippen LogP contribution in [0.15, 0.2) is 96.6 Å². The van der Waals surface area contributed by atoms with Crippen LogP contribution in [0.5, 0.6) is 11.5 Å². The summed E-state index contributed by atoms with van der Waals surface area (Å²) in [6.07, 6.45) is -2.96. The minimum atomic E-state index is -4.82. The number of nitrogens with zero attached hydrogens (tertiary/aromatic N) is 4. The molecule has 11 nitrogen and oxygen atoms in total. The Labute approximate surface area is 324 Å². The van der Waals surface area contributed by atoms with Gasteiger partial charge in [-0.15, -0.1) is 0 Å². The molecule has 4 aliphatic rings. The van der Waals surface area contributed by atoms with Crippen LogP contribution in [0.1, 0.15) is 41.1 Å². The predicted molar refractivity (Wildman–Crippen MR) is 198 cm³/mol. The number of benzene rings is 3. The average molecular weight is 786 g/mol. The van der Waals surface area contributed by atoms with Gasteiger partial charge in [-0.25, -0.2) is 4.98 Å². The highest BCUT2D eigenvalue weighted by atomic mass is 35.5. The van der Waals surface area contributed by atoms with Crippen LogP contribution in [0.2, 0.25) is 5.02 Å². The SMILES string of the molecule is COc1cc(O)ccc1C1C2=CCC3C(=O)N(N(C)c4nc(C(F)(F)F)ccc4Cl)C(=O)C3C2CC2C(=O)N(Nc3ccc(C)cc3)C(=O)C21c1ccccc1. The maximum Gasteiger partial charge on any atom is 0.433 e. The fourth-order valence-electron chi connectivity index (χ4n) is 9.22. The maximum absolute atomic E-state index is 15.3. The third-order valence-electron chi connectivity index (χ3n) is 11.6. The lowest BCUT2D eigenvalue weighted by molar-refractivity contribution is -0.142. The largest absolute Gasteiger partial charge is 0.508 e. The van der Waals surface area contributed by atoms with Crippen LogP contribution in [-0.2, 0) is 30.8 Å². The zero-order chi connectivity index (χ0) is 39.8. The van der Waals surface area contributed by atoms with Crippen LogP contribution < -0.4 is 15.2 Å². The number of aromatic hydroxyl groups is 1. The Hall–Kier alpha value is -5.89. The normalized spacial score (nSPS) is 25.8. The Morgan fingerprint density at radius 2 is 1.66 bits per heavy atom. The summed E-state index contributed by atoms with van der Waals surface area (Å²) in [6.45, 7) is 1.91. The average Bonchev–Trinajstić information content (AvgIpc) is 3.56. The summed E-state index contributed by atoms with van der Waals surface area (Å²) in [4.78, 5) is 62.7. The first-order valence-corrected chi connectivity index (χ1v) is 18.3. The Morgan fingerprint density at radius 1 is 0.946 bits per heavy atom. The Bertz CT molecular complexity index is 2320. The fraction of sp³-hybridized carbons (Fsp3) is 0.293. The molecule has 6 unspecified atom stereocenters. The molecule has 1 aromatic heterocycles. The van der Waals surface area contributed by atoms with E-state index in [1.807, 2.05) is 25.1 Å². The molecule has 0 bridgehead atoms. The van der Waals surface area contributed by atoms with Crippen molar-refractivity contribution in [1.29, 1.82) is 0 Å². The number of pyridine rings is 1. The number of phenols is 1. The molecule has 2 aliphatic heterocycles. The number of fused-ring (bicyclic) bond motifs is 4. The number of ether oxygens (including phenoxy) is 1. The van der Waals surface area contributed by atoms with Gasteiger partial charge in [0.1, 0.15) is 17.2 Å². The highest BCUT2D eigenvalue weighted by Crippen LogP contribution is 2.65. The van der Waals surface area contributed by atoms with Crippen molar-refractivity contribution in [2.45, 2.75) is 37.3 Å². The van der Waals surface area contributed by atoms with Crippen LogP contribution in [0.3, 0.4) is 0 Å². The van der Waals surface area contributed by atoms with Crippen molar-refractivity contribution in [2.75, 3.05) is 24.6 Å². The van der Waals surface area contributed by atoms with Gasteiger partial charge in [0.2, 0.25) is 0 Å². The first-order chi connectivity index (χ1) is 26.7. The summed E-state index contributed by atoms with van der Waals surface area (Å²) in [7, 11) is 2.66. The van der Waals surface area contributed by atoms with E-state index in [0.717, 1.165) is 26.7 Å². The van der Waals surface area contributed by atoms with E-state index < -0.39 is 76.3 Å². The molecule has 8 rings (SSSR count). The number of aromatic nitrogens is 1. The molecule has 2 N–H and O–H groups in total. The number of hydrogen-bond acceptors (Lipinski definition) is 9. The van der Waals surface area contributed by atoms with Crippen LogP contribution in [0.25, 0.3) is 0 Å². The highest BCUT2D eigenvalue weighted by Gasteiger charge is 2.71. The highest BCUT2D eigenvalue weighted by molar-refractivity contribution is 6.33. The molecule has 4 amide bonds. The van der Waals surface area contributed by atoms with Crippen LogP contribution in [-0.4, -0.2) is 57.9 Å². The van der Waals surface area contributed by atoms with E-state index in [9.17, 15) is 32.7 Å². The summed E-state index contributed by atoms with van der Waals surface area (Å²) in [5, 5.41) is 13.1. The van der Waals surface area contributed by atoms with E-state index in [4.69, 9.17) is 16.3 Å². The van der Waals surface area contributed by atoms with Gasteiger partial charge in [0.25, 0.3) is 23.6 Å². The lowest BCUT2D eigenvalue weighted by Gasteiger charge is -2.50. The summed E-state index contributed by atoms with van der Waals surface area (Å²) >= 11 is 6.31. The number of carbonyl (C=O) groups is 4. The van der Waals surface area contributed by atoms with Crippen molar-refractivity contribution < 1.29 is 42.2 Å². The molecule has 0 radical (unpaired) electrons. The number of alkyl halides is 3. The quantitative estimate of drug-likeness (QED) is 0.153. The van der Waals surface area contributed by atoms with Gasteiger partial charge in [-0.2, -0.15) is 23.2 Å². The number of hydrogen-bond donors (Lipinski definition) is 2. The Balaban J connectivity index is 1.29. The minimum Gasteiger partial charge on any atom is -0.508 e. The van der Waals surface area contributed by atoms with Gasteiger partial charge in [-0.1, -0.05) is 77.3 Å². The zero-order valence-electron chi connectivity index (χ0n) is 30.3. The number of carbonyl (C=O) groups excluding carboxylic acids is 4. The van der Waals surface area contributed by atoms with Gasteiger partial charge in [0.15, 0.2) is 5.82 Å². The second kappa shape index (κ2) is 13.4. The van der Waals surface area contributed by atoms with E-state index in [0.29, 0.717) is 28.5 Å². The number of phenolic OH excluding ortho intramolecular Hbond substituents is 1. The van der Waals surface area contributed by atoms with Gasteiger partial charge >= 0.3 is 6.18 Å². The topological polar surface area (TPSA) is 132 Å². The fourth-order valence-corrected chi connectivity index (χ4v) is 9.45. The van der Waals surface area contributed by atoms with Crippen LogP contribution >= 0.6 is 11.6 Å². The van der Waals surface area contributed by atoms with Gasteiger partial charge in [-0.05, 0) is 61.6 Å². The van der Waals surface area contributed by atoms with Gasteiger partial charge < -0.3 is 9.84 Å². The molecule has 15 heteroatoms. The monoisotopic (exact) mass is 785 g/mol. The smallest absolute Gasteiger partial charge is 0.433 e. The molecule has 288 valence electrons. The first kappa shape index (κ1) is 37.1. The molecule has 6 atom stereocenters. The number of aryl methyl sites for hydroxylation is 1. The summed E-state index contributed by atoms with van der Waals surface area (Å²) < 4.78 is 46.9. The Kier molecular flexibility index (Phi) is 8.87. The van der Waals surface area contributed by atoms with Crippen molar-refractivity contribution in [3.05, 3.63) is 124 Å². The number of anilines is 2. The molecule has 56 heavy (non-hydrogen) atoms. The van der Waals surface area contributed by atoms with E-state index in [1.165, 1.54) is 26.3 Å². The number of imide groups is 2. The number of rotatable bonds is 7. The maximum atomic E-state index is 15.3. The molecule has 3 heterocycles. The summed E-state index contributed by atoms with van der Waals surface area (Å²) in [6, 6.07) is 22.3. The number of halogens is 4. The molecule has 3 aromatic carbocycles. The van der Waals surface area contributed by atoms with Gasteiger partial charge in [0, 0.05) is 24.6 Å². The standard InChI is InChI=1S/C41H35ClF3N5O6/c1-21-9-11-23(12-10-21)47-49-37(53)29-20-28-25(34(26-14-13-24(51)19-31(26)56-3)40(29,39(49)55)22-7-5-4-6-8-22)15-16-27-33(28)38(54)50(36(27)52)48(2)35-30(42)17-18-32(46-35)41(43,44)45/h4-15,17-19,27-29,33-34,47,51H,16,20H2,1-3H3. The molecule has 4 aromatic rings. The van der Waals surface area contributed by atoms with E-state index in [1.54, 1.807) is 48.5 Å². The zero-order valence-corrected chi connectivity index (χ0v) is 31.0. The first-order valence-electron chi connectivity index (χ1n) is 17.9. The minimum absolute atomic E-state index is 0.0193. The van der Waals surface area contributed by atoms with Crippen molar-refractivity contribution in [1.82, 2.24) is 15.0 Å². The van der Waals surface area contributed by atoms with Crippen molar-refractivity contribution >= 4 is 46.7 Å². The predicted octanol–water partition coefficient (Wildman–Crippen LogP) is 6.81. The molecule has 0 spiro atoms. The number of nitrogens with one attached hydrogen (secondary N) is 1. The van der Waals surface area contributed by atoms with Crippen molar-refractivity contribution in [2.24, 2.45) is 23.7 Å². The number of amides is 4. The molecule has 2 saturated heterocycles. The van der Waals surface area contributed by atoms with E-state index >= 15 is 4.79 Å². The second-order valence-electron chi connectivity index (χ2n) is 14.5. The van der Waals surface area contributed by atoms with Gasteiger partial charge in [0.05, 0.1) is 41.0 Å². The lowest BCUT2D eigenvalue weighted by Crippen LogP contribution is -2.53. The van der Waals surface area contributed by atoms with Crippen LogP contribution in [0, 0.1) is 30.6 Å². The number of methoxy groups -OCH3 is 1. The molecule has 3 fully saturated rings. The summed E-state index contributed by atoms with van der Waals surface area (Å²) in [5.41, 5.74) is 3.28. The summed E-state index contributed by atoms with van der Waals surface area (Å²) in [5.74, 6) is -7.57. The van der Waals surface area contributed by atoms with Crippen molar-refractivity contribution in [3.8, 4) is 11.5 Å². The second-order valence-corrected chi connectivity index (χ2v) is 14.9. The third-order valence-corrected chi connectivity index (χ3v) is 11.9. The molecular weight excluding hydrogens is 751 g/mol. The van der Waals surface area contributed by atoms with E-state index in [-0.39, 0.29) is 29.4 Å². The molecular formula is C41H35ClF3N5O6. The van der Waals surface area contributed by atoms with E-state index in [2.05, 4.69) is 10.4 Å². The van der Waals surface area contributed by atoms with Crippen molar-refractivity contribution in [3.63, 3.8) is 0 Å². The lowest BCUT2D eigenvalue weighted by atomic mass is 9.49. The molecule has 2 aliphatic carbocycles. The third kappa shape index (κ3) is 5.52. The van der Waals surface area contributed by atoms with Crippen LogP contribution in [0.4, 0.5) is 24.7 Å². The molecule has 1 saturated carbocycles. The number of hydrazine groups is 2. The van der Waals surface area contributed by atoms with Gasteiger partial charge in [-0.3, -0.25) is 29.6 Å².